The van der Waals surface area contributed by atoms with E-state index in [-0.39, 0.29) is 11.2 Å². The summed E-state index contributed by atoms with van der Waals surface area (Å²) in [5, 5.41) is 0. The summed E-state index contributed by atoms with van der Waals surface area (Å²) in [4.78, 5) is 0. The quantitative estimate of drug-likeness (QED) is 0.799. The standard InChI is InChI=1S/C13H23BO4Si/c1-12(2)13(3,4)18-14(17-12)10-8-9-11(15-10)16-19(5,6)7/h8-9H,1-7H3. The number of furan rings is 1. The Kier molecular flexibility index (Phi) is 3.40. The fraction of sp³-hybridized carbons (Fsp3) is 0.692. The number of hydrogen-bond donors (Lipinski definition) is 0. The summed E-state index contributed by atoms with van der Waals surface area (Å²) in [5.41, 5.74) is -0.0546. The molecule has 0 unspecified atom stereocenters. The van der Waals surface area contributed by atoms with Crippen molar-refractivity contribution in [2.45, 2.75) is 58.5 Å². The Balaban J connectivity index is 2.13. The first kappa shape index (κ1) is 14.7. The van der Waals surface area contributed by atoms with Crippen LogP contribution in [0.4, 0.5) is 0 Å². The van der Waals surface area contributed by atoms with Crippen molar-refractivity contribution in [2.75, 3.05) is 0 Å². The van der Waals surface area contributed by atoms with Gasteiger partial charge in [0.15, 0.2) is 0 Å². The fourth-order valence-corrected chi connectivity index (χ4v) is 2.49. The maximum Gasteiger partial charge on any atom is 0.532 e. The highest BCUT2D eigenvalue weighted by Crippen LogP contribution is 2.36. The molecule has 19 heavy (non-hydrogen) atoms. The average Bonchev–Trinajstić information content (AvgIpc) is 2.68. The lowest BCUT2D eigenvalue weighted by Gasteiger charge is -2.32. The highest BCUT2D eigenvalue weighted by atomic mass is 28.4. The van der Waals surface area contributed by atoms with Crippen LogP contribution in [0.1, 0.15) is 27.7 Å². The van der Waals surface area contributed by atoms with Crippen molar-refractivity contribution in [2.24, 2.45) is 0 Å². The minimum atomic E-state index is -1.66. The first-order valence-corrected chi connectivity index (χ1v) is 10.1. The second-order valence-corrected chi connectivity index (χ2v) is 11.4. The summed E-state index contributed by atoms with van der Waals surface area (Å²) in [6.45, 7) is 14.4. The molecule has 0 bridgehead atoms. The van der Waals surface area contributed by atoms with Crippen LogP contribution in [0.3, 0.4) is 0 Å². The van der Waals surface area contributed by atoms with Gasteiger partial charge in [-0.3, -0.25) is 0 Å². The van der Waals surface area contributed by atoms with E-state index in [1.165, 1.54) is 0 Å². The topological polar surface area (TPSA) is 40.8 Å². The minimum Gasteiger partial charge on any atom is -0.519 e. The molecule has 0 atom stereocenters. The molecule has 0 saturated carbocycles. The summed E-state index contributed by atoms with van der Waals surface area (Å²) in [5.74, 6) is 0.545. The maximum absolute atomic E-state index is 5.93. The Morgan fingerprint density at radius 1 is 1.00 bits per heavy atom. The van der Waals surface area contributed by atoms with E-state index in [4.69, 9.17) is 18.2 Å². The molecule has 0 aliphatic carbocycles. The first-order chi connectivity index (χ1) is 8.50. The van der Waals surface area contributed by atoms with Gasteiger partial charge in [0.1, 0.15) is 5.66 Å². The molecule has 0 aromatic carbocycles. The SMILES string of the molecule is CC1(C)OB(c2ccc(O[Si](C)(C)C)o2)OC1(C)C. The zero-order valence-corrected chi connectivity index (χ0v) is 13.9. The van der Waals surface area contributed by atoms with Gasteiger partial charge in [-0.15, -0.1) is 0 Å². The van der Waals surface area contributed by atoms with Gasteiger partial charge < -0.3 is 18.2 Å². The summed E-state index contributed by atoms with van der Waals surface area (Å²) in [6, 6.07) is 3.69. The molecule has 0 radical (unpaired) electrons. The smallest absolute Gasteiger partial charge is 0.519 e. The molecule has 106 valence electrons. The molecule has 0 spiro atoms. The second-order valence-electron chi connectivity index (χ2n) is 6.96. The molecule has 0 N–H and O–H groups in total. The molecule has 1 aromatic rings. The van der Waals surface area contributed by atoms with E-state index in [2.05, 4.69) is 19.6 Å². The molecular weight excluding hydrogens is 259 g/mol. The van der Waals surface area contributed by atoms with E-state index in [1.807, 2.05) is 39.8 Å². The molecule has 2 rings (SSSR count). The van der Waals surface area contributed by atoms with Crippen LogP contribution in [0.5, 0.6) is 5.95 Å². The van der Waals surface area contributed by atoms with Crippen LogP contribution in [-0.4, -0.2) is 26.6 Å². The summed E-state index contributed by atoms with van der Waals surface area (Å²) in [6.07, 6.45) is 0. The molecular formula is C13H23BO4Si. The second kappa shape index (κ2) is 4.40. The third kappa shape index (κ3) is 3.07. The Bertz CT molecular complexity index is 445. The van der Waals surface area contributed by atoms with E-state index in [1.54, 1.807) is 0 Å². The molecule has 1 saturated heterocycles. The zero-order valence-electron chi connectivity index (χ0n) is 12.9. The van der Waals surface area contributed by atoms with Crippen molar-refractivity contribution in [1.29, 1.82) is 0 Å². The van der Waals surface area contributed by atoms with E-state index in [0.717, 1.165) is 0 Å². The van der Waals surface area contributed by atoms with Crippen molar-refractivity contribution < 1.29 is 18.2 Å². The lowest BCUT2D eigenvalue weighted by molar-refractivity contribution is 0.00578. The minimum absolute atomic E-state index is 0.357. The van der Waals surface area contributed by atoms with Crippen LogP contribution in [0.15, 0.2) is 16.5 Å². The van der Waals surface area contributed by atoms with Gasteiger partial charge in [-0.05, 0) is 53.4 Å². The molecule has 1 aromatic heterocycles. The third-order valence-electron chi connectivity index (χ3n) is 3.49. The highest BCUT2D eigenvalue weighted by Gasteiger charge is 2.53. The predicted octanol–water partition coefficient (Wildman–Crippen LogP) is 2.79. The normalized spacial score (nSPS) is 21.7. The molecule has 1 fully saturated rings. The lowest BCUT2D eigenvalue weighted by atomic mass is 9.86. The molecule has 1 aliphatic heterocycles. The van der Waals surface area contributed by atoms with E-state index >= 15 is 0 Å². The zero-order chi connectivity index (χ0) is 14.5. The van der Waals surface area contributed by atoms with Gasteiger partial charge in [-0.1, -0.05) is 0 Å². The summed E-state index contributed by atoms with van der Waals surface area (Å²) >= 11 is 0. The Hall–Kier alpha value is -0.718. The van der Waals surface area contributed by atoms with Crippen LogP contribution in [0, 0.1) is 0 Å². The monoisotopic (exact) mass is 282 g/mol. The average molecular weight is 282 g/mol. The fourth-order valence-electron chi connectivity index (χ4n) is 1.78. The van der Waals surface area contributed by atoms with Gasteiger partial charge >= 0.3 is 7.12 Å². The largest absolute Gasteiger partial charge is 0.532 e. The van der Waals surface area contributed by atoms with E-state index in [9.17, 15) is 0 Å². The number of hydrogen-bond acceptors (Lipinski definition) is 4. The van der Waals surface area contributed by atoms with E-state index < -0.39 is 15.4 Å². The molecule has 1 aliphatic rings. The summed E-state index contributed by atoms with van der Waals surface area (Å²) < 4.78 is 23.4. The van der Waals surface area contributed by atoms with Crippen molar-refractivity contribution >= 4 is 21.1 Å². The van der Waals surface area contributed by atoms with Crippen LogP contribution in [0.2, 0.25) is 19.6 Å². The lowest BCUT2D eigenvalue weighted by Crippen LogP contribution is -2.41. The third-order valence-corrected chi connectivity index (χ3v) is 4.31. The van der Waals surface area contributed by atoms with Gasteiger partial charge in [-0.25, -0.2) is 0 Å². The van der Waals surface area contributed by atoms with Crippen LogP contribution in [0.25, 0.3) is 0 Å². The van der Waals surface area contributed by atoms with Gasteiger partial charge in [0.25, 0.3) is 5.95 Å². The molecule has 4 nitrogen and oxygen atoms in total. The van der Waals surface area contributed by atoms with Gasteiger partial charge in [0.2, 0.25) is 8.32 Å². The van der Waals surface area contributed by atoms with Crippen LogP contribution >= 0.6 is 0 Å². The first-order valence-electron chi connectivity index (χ1n) is 6.65. The van der Waals surface area contributed by atoms with Crippen molar-refractivity contribution in [3.63, 3.8) is 0 Å². The predicted molar refractivity (Wildman–Crippen MR) is 78.4 cm³/mol. The molecule has 0 amide bonds. The van der Waals surface area contributed by atoms with E-state index in [0.29, 0.717) is 11.6 Å². The van der Waals surface area contributed by atoms with Crippen LogP contribution < -0.4 is 10.1 Å². The number of rotatable bonds is 3. The van der Waals surface area contributed by atoms with Crippen LogP contribution in [-0.2, 0) is 9.31 Å². The van der Waals surface area contributed by atoms with Gasteiger partial charge in [-0.2, -0.15) is 0 Å². The Morgan fingerprint density at radius 3 is 2.00 bits per heavy atom. The van der Waals surface area contributed by atoms with Crippen molar-refractivity contribution in [1.82, 2.24) is 0 Å². The van der Waals surface area contributed by atoms with Crippen molar-refractivity contribution in [3.05, 3.63) is 12.1 Å². The summed E-state index contributed by atoms with van der Waals surface area (Å²) in [7, 11) is -2.12. The van der Waals surface area contributed by atoms with Gasteiger partial charge in [0, 0.05) is 6.07 Å². The highest BCUT2D eigenvalue weighted by molar-refractivity contribution is 6.70. The Morgan fingerprint density at radius 2 is 1.53 bits per heavy atom. The molecule has 6 heteroatoms. The molecule has 2 heterocycles. The maximum atomic E-state index is 5.93. The van der Waals surface area contributed by atoms with Crippen molar-refractivity contribution in [3.8, 4) is 5.95 Å². The van der Waals surface area contributed by atoms with Gasteiger partial charge in [0.05, 0.1) is 11.2 Å². The Labute approximate surface area is 116 Å².